The highest BCUT2D eigenvalue weighted by Gasteiger charge is 2.19. The van der Waals surface area contributed by atoms with E-state index in [9.17, 15) is 8.42 Å². The zero-order valence-corrected chi connectivity index (χ0v) is 12.1. The van der Waals surface area contributed by atoms with Crippen molar-refractivity contribution >= 4 is 9.84 Å². The number of sulfone groups is 1. The SMILES string of the molecule is CCS(=O)(=O)CCCC(CC1CCCC1)NC. The first kappa shape index (κ1) is 15.0. The largest absolute Gasteiger partial charge is 0.317 e. The smallest absolute Gasteiger partial charge is 0.150 e. The maximum atomic E-state index is 11.4. The fourth-order valence-electron chi connectivity index (χ4n) is 2.72. The van der Waals surface area contributed by atoms with Crippen molar-refractivity contribution in [1.29, 1.82) is 0 Å². The van der Waals surface area contributed by atoms with Gasteiger partial charge in [-0.05, 0) is 32.2 Å². The standard InChI is InChI=1S/C13H27NO2S/c1-3-17(15,16)10-6-9-13(14-2)11-12-7-4-5-8-12/h12-14H,3-11H2,1-2H3. The molecule has 1 N–H and O–H groups in total. The predicted octanol–water partition coefficient (Wildman–Crippen LogP) is 2.37. The molecule has 3 nitrogen and oxygen atoms in total. The average Bonchev–Trinajstić information content (AvgIpc) is 2.80. The van der Waals surface area contributed by atoms with Crippen LogP contribution in [0.15, 0.2) is 0 Å². The van der Waals surface area contributed by atoms with Gasteiger partial charge in [0.15, 0.2) is 0 Å². The molecule has 0 radical (unpaired) electrons. The molecule has 1 saturated carbocycles. The minimum Gasteiger partial charge on any atom is -0.317 e. The summed E-state index contributed by atoms with van der Waals surface area (Å²) in [7, 11) is -0.784. The topological polar surface area (TPSA) is 46.2 Å². The van der Waals surface area contributed by atoms with Crippen LogP contribution in [0.25, 0.3) is 0 Å². The van der Waals surface area contributed by atoms with Crippen LogP contribution >= 0.6 is 0 Å². The Kier molecular flexibility index (Phi) is 6.49. The summed E-state index contributed by atoms with van der Waals surface area (Å²) in [6.07, 6.45) is 8.51. The highest BCUT2D eigenvalue weighted by Crippen LogP contribution is 2.29. The van der Waals surface area contributed by atoms with E-state index in [1.807, 2.05) is 7.05 Å². The van der Waals surface area contributed by atoms with Gasteiger partial charge in [-0.25, -0.2) is 8.42 Å². The first-order chi connectivity index (χ1) is 8.07. The summed E-state index contributed by atoms with van der Waals surface area (Å²) in [5.41, 5.74) is 0. The quantitative estimate of drug-likeness (QED) is 0.729. The van der Waals surface area contributed by atoms with Crippen molar-refractivity contribution in [3.8, 4) is 0 Å². The molecular formula is C13H27NO2S. The molecule has 4 heteroatoms. The highest BCUT2D eigenvalue weighted by molar-refractivity contribution is 7.91. The van der Waals surface area contributed by atoms with Crippen LogP contribution in [0.4, 0.5) is 0 Å². The van der Waals surface area contributed by atoms with E-state index in [1.165, 1.54) is 32.1 Å². The summed E-state index contributed by atoms with van der Waals surface area (Å²) in [5.74, 6) is 1.50. The molecule has 1 aliphatic rings. The summed E-state index contributed by atoms with van der Waals surface area (Å²) < 4.78 is 22.8. The second-order valence-corrected chi connectivity index (χ2v) is 7.72. The molecule has 0 spiro atoms. The van der Waals surface area contributed by atoms with Gasteiger partial charge in [-0.15, -0.1) is 0 Å². The molecule has 17 heavy (non-hydrogen) atoms. The second-order valence-electron chi connectivity index (χ2n) is 5.25. The molecule has 1 rings (SSSR count). The monoisotopic (exact) mass is 261 g/mol. The van der Waals surface area contributed by atoms with Crippen LogP contribution in [-0.2, 0) is 9.84 Å². The van der Waals surface area contributed by atoms with E-state index in [0.29, 0.717) is 11.8 Å². The zero-order valence-electron chi connectivity index (χ0n) is 11.2. The van der Waals surface area contributed by atoms with Gasteiger partial charge in [-0.3, -0.25) is 0 Å². The normalized spacial score (nSPS) is 19.6. The van der Waals surface area contributed by atoms with Crippen molar-refractivity contribution in [2.45, 2.75) is 57.9 Å². The molecule has 102 valence electrons. The van der Waals surface area contributed by atoms with Crippen LogP contribution < -0.4 is 5.32 Å². The third-order valence-corrected chi connectivity index (χ3v) is 5.74. The van der Waals surface area contributed by atoms with E-state index in [1.54, 1.807) is 6.92 Å². The molecule has 0 saturated heterocycles. The molecule has 0 aromatic rings. The number of hydrogen-bond acceptors (Lipinski definition) is 3. The maximum Gasteiger partial charge on any atom is 0.150 e. The van der Waals surface area contributed by atoms with Gasteiger partial charge in [0.2, 0.25) is 0 Å². The molecule has 1 fully saturated rings. The molecule has 0 aromatic carbocycles. The lowest BCUT2D eigenvalue weighted by molar-refractivity contribution is 0.386. The van der Waals surface area contributed by atoms with Gasteiger partial charge >= 0.3 is 0 Å². The van der Waals surface area contributed by atoms with Crippen LogP contribution in [0.3, 0.4) is 0 Å². The Bertz CT molecular complexity index is 295. The van der Waals surface area contributed by atoms with Gasteiger partial charge in [0.05, 0.1) is 5.75 Å². The molecule has 0 aliphatic heterocycles. The van der Waals surface area contributed by atoms with Crippen LogP contribution in [0.2, 0.25) is 0 Å². The lowest BCUT2D eigenvalue weighted by atomic mass is 9.96. The molecule has 0 bridgehead atoms. The van der Waals surface area contributed by atoms with Crippen LogP contribution in [0.1, 0.15) is 51.9 Å². The van der Waals surface area contributed by atoms with Gasteiger partial charge < -0.3 is 5.32 Å². The Balaban J connectivity index is 2.22. The summed E-state index contributed by atoms with van der Waals surface area (Å²) in [5, 5.41) is 3.34. The molecule has 1 unspecified atom stereocenters. The van der Waals surface area contributed by atoms with Crippen molar-refractivity contribution in [2.75, 3.05) is 18.6 Å². The summed E-state index contributed by atoms with van der Waals surface area (Å²) in [6, 6.07) is 0.505. The Labute approximate surface area is 106 Å². The van der Waals surface area contributed by atoms with Crippen LogP contribution in [0, 0.1) is 5.92 Å². The third-order valence-electron chi connectivity index (χ3n) is 3.95. The maximum absolute atomic E-state index is 11.4. The first-order valence-corrected chi connectivity index (χ1v) is 8.77. The van der Waals surface area contributed by atoms with Crippen molar-refractivity contribution < 1.29 is 8.42 Å². The number of hydrogen-bond donors (Lipinski definition) is 1. The minimum absolute atomic E-state index is 0.278. The van der Waals surface area contributed by atoms with Gasteiger partial charge in [-0.2, -0.15) is 0 Å². The Morgan fingerprint density at radius 1 is 1.29 bits per heavy atom. The fourth-order valence-corrected chi connectivity index (χ4v) is 3.62. The molecule has 0 amide bonds. The molecule has 1 atom stereocenters. The van der Waals surface area contributed by atoms with Crippen molar-refractivity contribution in [3.63, 3.8) is 0 Å². The van der Waals surface area contributed by atoms with Crippen molar-refractivity contribution in [3.05, 3.63) is 0 Å². The second kappa shape index (κ2) is 7.37. The first-order valence-electron chi connectivity index (χ1n) is 6.95. The van der Waals surface area contributed by atoms with Gasteiger partial charge in [-0.1, -0.05) is 32.6 Å². The molecule has 0 heterocycles. The Morgan fingerprint density at radius 2 is 1.94 bits per heavy atom. The molecule has 0 aromatic heterocycles. The lowest BCUT2D eigenvalue weighted by Gasteiger charge is -2.19. The zero-order chi connectivity index (χ0) is 12.7. The van der Waals surface area contributed by atoms with Gasteiger partial charge in [0, 0.05) is 11.8 Å². The molecule has 1 aliphatic carbocycles. The molecular weight excluding hydrogens is 234 g/mol. The van der Waals surface area contributed by atoms with E-state index in [4.69, 9.17) is 0 Å². The summed E-state index contributed by atoms with van der Waals surface area (Å²) in [4.78, 5) is 0. The van der Waals surface area contributed by atoms with E-state index in [2.05, 4.69) is 5.32 Å². The van der Waals surface area contributed by atoms with E-state index in [0.717, 1.165) is 18.8 Å². The fraction of sp³-hybridized carbons (Fsp3) is 1.00. The van der Waals surface area contributed by atoms with Crippen molar-refractivity contribution in [1.82, 2.24) is 5.32 Å². The van der Waals surface area contributed by atoms with E-state index < -0.39 is 9.84 Å². The van der Waals surface area contributed by atoms with Crippen molar-refractivity contribution in [2.24, 2.45) is 5.92 Å². The third kappa shape index (κ3) is 5.87. The number of rotatable bonds is 8. The Hall–Kier alpha value is -0.0900. The highest BCUT2D eigenvalue weighted by atomic mass is 32.2. The predicted molar refractivity (Wildman–Crippen MR) is 73.0 cm³/mol. The number of nitrogens with one attached hydrogen (secondary N) is 1. The minimum atomic E-state index is -2.78. The summed E-state index contributed by atoms with van der Waals surface area (Å²) >= 11 is 0. The Morgan fingerprint density at radius 3 is 2.47 bits per heavy atom. The van der Waals surface area contributed by atoms with Gasteiger partial charge in [0.1, 0.15) is 9.84 Å². The van der Waals surface area contributed by atoms with Gasteiger partial charge in [0.25, 0.3) is 0 Å². The van der Waals surface area contributed by atoms with Crippen LogP contribution in [-0.4, -0.2) is 33.0 Å². The van der Waals surface area contributed by atoms with Crippen LogP contribution in [0.5, 0.6) is 0 Å². The van der Waals surface area contributed by atoms with E-state index in [-0.39, 0.29) is 5.75 Å². The summed E-state index contributed by atoms with van der Waals surface area (Å²) in [6.45, 7) is 1.73. The van der Waals surface area contributed by atoms with E-state index >= 15 is 0 Å². The lowest BCUT2D eigenvalue weighted by Crippen LogP contribution is -2.28. The average molecular weight is 261 g/mol.